The van der Waals surface area contributed by atoms with E-state index >= 15 is 0 Å². The number of carbonyl (C=O) groups is 1. The Kier molecular flexibility index (Phi) is 5.69. The standard InChI is InChI=1S/C12H21N3O/c1-2-9-15(10-8-13)12(16)14-11-6-4-3-5-7-11/h11H,2-7,9-10H2,1H3,(H,14,16). The van der Waals surface area contributed by atoms with Crippen molar-refractivity contribution in [1.82, 2.24) is 10.2 Å². The van der Waals surface area contributed by atoms with E-state index in [1.54, 1.807) is 4.90 Å². The first-order valence-corrected chi connectivity index (χ1v) is 6.20. The summed E-state index contributed by atoms with van der Waals surface area (Å²) in [6, 6.07) is 2.28. The molecule has 1 aliphatic rings. The molecule has 0 saturated heterocycles. The highest BCUT2D eigenvalue weighted by Gasteiger charge is 2.18. The van der Waals surface area contributed by atoms with Crippen LogP contribution in [0.3, 0.4) is 0 Å². The van der Waals surface area contributed by atoms with E-state index in [4.69, 9.17) is 5.26 Å². The summed E-state index contributed by atoms with van der Waals surface area (Å²) in [5, 5.41) is 11.7. The van der Waals surface area contributed by atoms with Gasteiger partial charge in [0.1, 0.15) is 6.54 Å². The topological polar surface area (TPSA) is 56.1 Å². The van der Waals surface area contributed by atoms with E-state index in [2.05, 4.69) is 5.32 Å². The molecular weight excluding hydrogens is 202 g/mol. The van der Waals surface area contributed by atoms with Crippen molar-refractivity contribution in [2.24, 2.45) is 0 Å². The van der Waals surface area contributed by atoms with Gasteiger partial charge in [-0.2, -0.15) is 5.26 Å². The molecule has 0 aliphatic heterocycles. The molecule has 1 rings (SSSR count). The molecule has 1 saturated carbocycles. The van der Waals surface area contributed by atoms with Crippen LogP contribution in [0.1, 0.15) is 45.4 Å². The van der Waals surface area contributed by atoms with Crippen LogP contribution in [0, 0.1) is 11.3 Å². The zero-order chi connectivity index (χ0) is 11.8. The molecule has 2 amide bonds. The Hall–Kier alpha value is -1.24. The number of rotatable bonds is 4. The number of nitrogens with one attached hydrogen (secondary N) is 1. The summed E-state index contributed by atoms with van der Waals surface area (Å²) in [5.74, 6) is 0. The highest BCUT2D eigenvalue weighted by Crippen LogP contribution is 2.17. The number of amides is 2. The van der Waals surface area contributed by atoms with E-state index in [9.17, 15) is 4.79 Å². The summed E-state index contributed by atoms with van der Waals surface area (Å²) < 4.78 is 0. The summed E-state index contributed by atoms with van der Waals surface area (Å²) in [6.07, 6.45) is 6.74. The van der Waals surface area contributed by atoms with Crippen LogP contribution >= 0.6 is 0 Å². The van der Waals surface area contributed by atoms with Gasteiger partial charge in [0, 0.05) is 12.6 Å². The van der Waals surface area contributed by atoms with Crippen LogP contribution in [0.2, 0.25) is 0 Å². The quantitative estimate of drug-likeness (QED) is 0.743. The van der Waals surface area contributed by atoms with E-state index in [1.807, 2.05) is 13.0 Å². The predicted octanol–water partition coefficient (Wildman–Crippen LogP) is 2.26. The van der Waals surface area contributed by atoms with Crippen LogP contribution in [0.25, 0.3) is 0 Å². The highest BCUT2D eigenvalue weighted by molar-refractivity contribution is 5.74. The molecule has 1 fully saturated rings. The Morgan fingerprint density at radius 2 is 2.12 bits per heavy atom. The number of urea groups is 1. The fourth-order valence-electron chi connectivity index (χ4n) is 2.12. The molecule has 4 nitrogen and oxygen atoms in total. The summed E-state index contributed by atoms with van der Waals surface area (Å²) in [5.41, 5.74) is 0. The molecule has 0 atom stereocenters. The minimum atomic E-state index is -0.0738. The molecule has 0 spiro atoms. The zero-order valence-corrected chi connectivity index (χ0v) is 10.0. The van der Waals surface area contributed by atoms with Crippen LogP contribution in [0.5, 0.6) is 0 Å². The maximum atomic E-state index is 11.9. The van der Waals surface area contributed by atoms with Crippen LogP contribution < -0.4 is 5.32 Å². The Bertz CT molecular complexity index is 253. The Morgan fingerprint density at radius 1 is 1.44 bits per heavy atom. The van der Waals surface area contributed by atoms with Gasteiger partial charge in [0.05, 0.1) is 6.07 Å². The Labute approximate surface area is 97.6 Å². The molecule has 90 valence electrons. The lowest BCUT2D eigenvalue weighted by Crippen LogP contribution is -2.45. The molecule has 0 heterocycles. The predicted molar refractivity (Wildman–Crippen MR) is 62.9 cm³/mol. The molecule has 0 aromatic rings. The molecule has 16 heavy (non-hydrogen) atoms. The lowest BCUT2D eigenvalue weighted by Gasteiger charge is -2.26. The van der Waals surface area contributed by atoms with Gasteiger partial charge in [-0.1, -0.05) is 26.2 Å². The molecule has 4 heteroatoms. The Balaban J connectivity index is 2.38. The summed E-state index contributed by atoms with van der Waals surface area (Å²) in [4.78, 5) is 13.4. The van der Waals surface area contributed by atoms with E-state index in [1.165, 1.54) is 19.3 Å². The number of carbonyl (C=O) groups excluding carboxylic acids is 1. The lowest BCUT2D eigenvalue weighted by molar-refractivity contribution is 0.196. The van der Waals surface area contributed by atoms with Crippen molar-refractivity contribution in [1.29, 1.82) is 5.26 Å². The van der Waals surface area contributed by atoms with E-state index in [0.29, 0.717) is 12.6 Å². The van der Waals surface area contributed by atoms with Crippen molar-refractivity contribution in [3.05, 3.63) is 0 Å². The Morgan fingerprint density at radius 3 is 2.69 bits per heavy atom. The minimum Gasteiger partial charge on any atom is -0.335 e. The first-order valence-electron chi connectivity index (χ1n) is 6.20. The average Bonchev–Trinajstić information content (AvgIpc) is 2.30. The number of hydrogen-bond acceptors (Lipinski definition) is 2. The summed E-state index contributed by atoms with van der Waals surface area (Å²) in [6.45, 7) is 2.86. The molecule has 0 aromatic carbocycles. The maximum Gasteiger partial charge on any atom is 0.318 e. The van der Waals surface area contributed by atoms with Crippen LogP contribution in [-0.2, 0) is 0 Å². The molecule has 0 aromatic heterocycles. The first-order chi connectivity index (χ1) is 7.77. The van der Waals surface area contributed by atoms with E-state index in [-0.39, 0.29) is 12.6 Å². The second-order valence-electron chi connectivity index (χ2n) is 4.36. The van der Waals surface area contributed by atoms with Crippen molar-refractivity contribution in [2.75, 3.05) is 13.1 Å². The monoisotopic (exact) mass is 223 g/mol. The van der Waals surface area contributed by atoms with Crippen LogP contribution in [0.15, 0.2) is 0 Å². The third-order valence-corrected chi connectivity index (χ3v) is 2.98. The van der Waals surface area contributed by atoms with Crippen molar-refractivity contribution in [2.45, 2.75) is 51.5 Å². The van der Waals surface area contributed by atoms with Gasteiger partial charge in [-0.05, 0) is 19.3 Å². The van der Waals surface area contributed by atoms with Gasteiger partial charge in [-0.25, -0.2) is 4.79 Å². The smallest absolute Gasteiger partial charge is 0.318 e. The summed E-state index contributed by atoms with van der Waals surface area (Å²) >= 11 is 0. The third kappa shape index (κ3) is 4.09. The molecule has 1 aliphatic carbocycles. The van der Waals surface area contributed by atoms with Crippen molar-refractivity contribution >= 4 is 6.03 Å². The second-order valence-corrected chi connectivity index (χ2v) is 4.36. The van der Waals surface area contributed by atoms with Crippen LogP contribution in [0.4, 0.5) is 4.79 Å². The fourth-order valence-corrected chi connectivity index (χ4v) is 2.12. The lowest BCUT2D eigenvalue weighted by atomic mass is 9.96. The van der Waals surface area contributed by atoms with Crippen molar-refractivity contribution < 1.29 is 4.79 Å². The molecule has 1 N–H and O–H groups in total. The molecule has 0 bridgehead atoms. The molecule has 0 radical (unpaired) electrons. The molecule has 0 unspecified atom stereocenters. The van der Waals surface area contributed by atoms with Crippen LogP contribution in [-0.4, -0.2) is 30.1 Å². The van der Waals surface area contributed by atoms with Gasteiger partial charge in [0.15, 0.2) is 0 Å². The van der Waals surface area contributed by atoms with E-state index < -0.39 is 0 Å². The SMILES string of the molecule is CCCN(CC#N)C(=O)NC1CCCCC1. The van der Waals surface area contributed by atoms with Gasteiger partial charge in [-0.15, -0.1) is 0 Å². The molecular formula is C12H21N3O. The first kappa shape index (κ1) is 12.8. The van der Waals surface area contributed by atoms with Crippen molar-refractivity contribution in [3.8, 4) is 6.07 Å². The van der Waals surface area contributed by atoms with Gasteiger partial charge in [0.2, 0.25) is 0 Å². The minimum absolute atomic E-state index is 0.0738. The van der Waals surface area contributed by atoms with Crippen molar-refractivity contribution in [3.63, 3.8) is 0 Å². The number of hydrogen-bond donors (Lipinski definition) is 1. The van der Waals surface area contributed by atoms with E-state index in [0.717, 1.165) is 19.3 Å². The fraction of sp³-hybridized carbons (Fsp3) is 0.833. The zero-order valence-electron chi connectivity index (χ0n) is 10.0. The normalized spacial score (nSPS) is 16.5. The van der Waals surface area contributed by atoms with Gasteiger partial charge >= 0.3 is 6.03 Å². The number of nitriles is 1. The third-order valence-electron chi connectivity index (χ3n) is 2.98. The second kappa shape index (κ2) is 7.10. The summed E-state index contributed by atoms with van der Waals surface area (Å²) in [7, 11) is 0. The maximum absolute atomic E-state index is 11.9. The van der Waals surface area contributed by atoms with Gasteiger partial charge < -0.3 is 10.2 Å². The average molecular weight is 223 g/mol. The van der Waals surface area contributed by atoms with Gasteiger partial charge in [-0.3, -0.25) is 0 Å². The largest absolute Gasteiger partial charge is 0.335 e. The number of nitrogens with zero attached hydrogens (tertiary/aromatic N) is 2. The highest BCUT2D eigenvalue weighted by atomic mass is 16.2. The van der Waals surface area contributed by atoms with Gasteiger partial charge in [0.25, 0.3) is 0 Å².